The molecule has 0 aromatic heterocycles. The first kappa shape index (κ1) is 18.7. The molecule has 2 aromatic rings. The fraction of sp³-hybridized carbons (Fsp3) is 0.455. The Balaban J connectivity index is 1.56. The van der Waals surface area contributed by atoms with E-state index in [-0.39, 0.29) is 6.10 Å². The maximum atomic E-state index is 9.74. The summed E-state index contributed by atoms with van der Waals surface area (Å²) in [6, 6.07) is 15.0. The summed E-state index contributed by atoms with van der Waals surface area (Å²) in [4.78, 5) is 7.54. The van der Waals surface area contributed by atoms with Gasteiger partial charge in [-0.2, -0.15) is 0 Å². The number of ether oxygens (including phenoxy) is 1. The average Bonchev–Trinajstić information content (AvgIpc) is 2.69. The summed E-state index contributed by atoms with van der Waals surface area (Å²) < 4.78 is 5.49. The molecule has 1 saturated heterocycles. The number of benzene rings is 2. The summed E-state index contributed by atoms with van der Waals surface area (Å²) in [5.41, 5.74) is 2.52. The molecule has 0 amide bonds. The molecule has 2 aliphatic heterocycles. The summed E-state index contributed by atoms with van der Waals surface area (Å²) in [5.74, 6) is 1.42. The monoisotopic (exact) mass is 384 g/mol. The maximum Gasteiger partial charge on any atom is 0.121 e. The third-order valence-electron chi connectivity index (χ3n) is 5.45. The van der Waals surface area contributed by atoms with Crippen molar-refractivity contribution >= 4 is 23.1 Å². The van der Waals surface area contributed by atoms with Gasteiger partial charge in [-0.1, -0.05) is 30.8 Å². The van der Waals surface area contributed by atoms with E-state index in [2.05, 4.69) is 53.1 Å². The van der Waals surface area contributed by atoms with E-state index in [0.717, 1.165) is 44.8 Å². The van der Waals surface area contributed by atoms with Crippen LogP contribution in [0.2, 0.25) is 0 Å². The molecule has 144 valence electrons. The molecule has 2 aliphatic rings. The van der Waals surface area contributed by atoms with Gasteiger partial charge in [-0.15, -0.1) is 0 Å². The van der Waals surface area contributed by atoms with Crippen LogP contribution in [0.25, 0.3) is 0 Å². The Hall–Kier alpha value is -1.69. The quantitative estimate of drug-likeness (QED) is 0.827. The molecule has 1 fully saturated rings. The van der Waals surface area contributed by atoms with Gasteiger partial charge in [0.2, 0.25) is 0 Å². The third-order valence-corrected chi connectivity index (χ3v) is 6.58. The SMILES string of the molecule is COc1ccc2c(c1)N(C[C@H](C)CN1CCC(O)CC1)c1ccccc1S2. The molecule has 5 heteroatoms. The van der Waals surface area contributed by atoms with E-state index in [1.165, 1.54) is 21.2 Å². The van der Waals surface area contributed by atoms with E-state index in [1.807, 2.05) is 17.8 Å². The first-order valence-corrected chi connectivity index (χ1v) is 10.6. The zero-order valence-electron chi connectivity index (χ0n) is 16.1. The first-order valence-electron chi connectivity index (χ1n) is 9.77. The number of nitrogens with zero attached hydrogens (tertiary/aromatic N) is 2. The lowest BCUT2D eigenvalue weighted by molar-refractivity contribution is 0.0765. The van der Waals surface area contributed by atoms with Crippen molar-refractivity contribution in [2.24, 2.45) is 5.92 Å². The largest absolute Gasteiger partial charge is 0.497 e. The molecule has 27 heavy (non-hydrogen) atoms. The van der Waals surface area contributed by atoms with Gasteiger partial charge in [0.1, 0.15) is 5.75 Å². The van der Waals surface area contributed by atoms with Crippen molar-refractivity contribution in [1.82, 2.24) is 4.90 Å². The van der Waals surface area contributed by atoms with Crippen molar-refractivity contribution in [3.8, 4) is 5.75 Å². The van der Waals surface area contributed by atoms with Gasteiger partial charge in [-0.3, -0.25) is 0 Å². The molecule has 2 heterocycles. The van der Waals surface area contributed by atoms with E-state index < -0.39 is 0 Å². The van der Waals surface area contributed by atoms with Gasteiger partial charge in [0.15, 0.2) is 0 Å². The van der Waals surface area contributed by atoms with E-state index >= 15 is 0 Å². The minimum Gasteiger partial charge on any atom is -0.497 e. The lowest BCUT2D eigenvalue weighted by Gasteiger charge is -2.37. The van der Waals surface area contributed by atoms with Crippen molar-refractivity contribution < 1.29 is 9.84 Å². The van der Waals surface area contributed by atoms with Crippen molar-refractivity contribution in [2.75, 3.05) is 38.2 Å². The Kier molecular flexibility index (Phi) is 5.62. The number of anilines is 2. The molecule has 2 aromatic carbocycles. The number of rotatable bonds is 5. The van der Waals surface area contributed by atoms with Crippen molar-refractivity contribution in [3.05, 3.63) is 42.5 Å². The van der Waals surface area contributed by atoms with Crippen LogP contribution in [0.15, 0.2) is 52.3 Å². The summed E-state index contributed by atoms with van der Waals surface area (Å²) in [7, 11) is 1.73. The summed E-state index contributed by atoms with van der Waals surface area (Å²) in [6.45, 7) is 6.37. The molecule has 0 spiro atoms. The van der Waals surface area contributed by atoms with Gasteiger partial charge in [-0.25, -0.2) is 0 Å². The number of piperidine rings is 1. The first-order chi connectivity index (χ1) is 13.1. The van der Waals surface area contributed by atoms with Gasteiger partial charge in [0, 0.05) is 42.0 Å². The minimum absolute atomic E-state index is 0.109. The number of para-hydroxylation sites is 1. The Morgan fingerprint density at radius 1 is 1.07 bits per heavy atom. The number of aliphatic hydroxyl groups is 1. The predicted molar refractivity (Wildman–Crippen MR) is 111 cm³/mol. The van der Waals surface area contributed by atoms with E-state index in [1.54, 1.807) is 7.11 Å². The number of hydrogen-bond donors (Lipinski definition) is 1. The van der Waals surface area contributed by atoms with Gasteiger partial charge < -0.3 is 19.6 Å². The number of methoxy groups -OCH3 is 1. The van der Waals surface area contributed by atoms with Crippen molar-refractivity contribution in [2.45, 2.75) is 35.7 Å². The van der Waals surface area contributed by atoms with Crippen LogP contribution >= 0.6 is 11.8 Å². The Labute approximate surface area is 166 Å². The van der Waals surface area contributed by atoms with Crippen LogP contribution in [-0.4, -0.2) is 49.4 Å². The smallest absolute Gasteiger partial charge is 0.121 e. The molecule has 0 aliphatic carbocycles. The lowest BCUT2D eigenvalue weighted by Crippen LogP contribution is -2.40. The topological polar surface area (TPSA) is 35.9 Å². The van der Waals surface area contributed by atoms with Crippen molar-refractivity contribution in [3.63, 3.8) is 0 Å². The Bertz CT molecular complexity index is 790. The predicted octanol–water partition coefficient (Wildman–Crippen LogP) is 4.39. The highest BCUT2D eigenvalue weighted by molar-refractivity contribution is 7.99. The van der Waals surface area contributed by atoms with Gasteiger partial charge >= 0.3 is 0 Å². The summed E-state index contributed by atoms with van der Waals surface area (Å²) in [6.07, 6.45) is 1.69. The fourth-order valence-electron chi connectivity index (χ4n) is 4.04. The van der Waals surface area contributed by atoms with Crippen molar-refractivity contribution in [1.29, 1.82) is 0 Å². The van der Waals surface area contributed by atoms with Crippen LogP contribution < -0.4 is 9.64 Å². The Morgan fingerprint density at radius 2 is 1.81 bits per heavy atom. The summed E-state index contributed by atoms with van der Waals surface area (Å²) >= 11 is 1.83. The minimum atomic E-state index is -0.109. The van der Waals surface area contributed by atoms with Crippen LogP contribution in [0.3, 0.4) is 0 Å². The van der Waals surface area contributed by atoms with E-state index in [0.29, 0.717) is 5.92 Å². The normalized spacial score (nSPS) is 18.7. The highest BCUT2D eigenvalue weighted by atomic mass is 32.2. The van der Waals surface area contributed by atoms with Crippen LogP contribution in [0, 0.1) is 5.92 Å². The van der Waals surface area contributed by atoms with E-state index in [4.69, 9.17) is 4.74 Å². The molecule has 0 saturated carbocycles. The highest BCUT2D eigenvalue weighted by Gasteiger charge is 2.26. The van der Waals surface area contributed by atoms with Crippen LogP contribution in [-0.2, 0) is 0 Å². The van der Waals surface area contributed by atoms with Crippen LogP contribution in [0.5, 0.6) is 5.75 Å². The molecule has 1 atom stereocenters. The number of likely N-dealkylation sites (tertiary alicyclic amines) is 1. The van der Waals surface area contributed by atoms with Gasteiger partial charge in [0.25, 0.3) is 0 Å². The molecule has 0 bridgehead atoms. The fourth-order valence-corrected chi connectivity index (χ4v) is 5.12. The van der Waals surface area contributed by atoms with Gasteiger partial charge in [0.05, 0.1) is 24.6 Å². The van der Waals surface area contributed by atoms with Crippen LogP contribution in [0.4, 0.5) is 11.4 Å². The third kappa shape index (κ3) is 4.10. The van der Waals surface area contributed by atoms with Crippen LogP contribution in [0.1, 0.15) is 19.8 Å². The second-order valence-electron chi connectivity index (χ2n) is 7.65. The second kappa shape index (κ2) is 8.13. The average molecular weight is 385 g/mol. The molecular weight excluding hydrogens is 356 g/mol. The molecule has 1 N–H and O–H groups in total. The standard InChI is InChI=1S/C22H28N2O2S/c1-16(14-23-11-9-17(25)10-12-23)15-24-19-5-3-4-6-21(19)27-22-8-7-18(26-2)13-20(22)24/h3-8,13,16-17,25H,9-12,14-15H2,1-2H3/t16-/m1/s1. The zero-order valence-corrected chi connectivity index (χ0v) is 16.9. The molecule has 0 radical (unpaired) electrons. The molecule has 4 rings (SSSR count). The molecule has 4 nitrogen and oxygen atoms in total. The lowest BCUT2D eigenvalue weighted by atomic mass is 10.0. The number of fused-ring (bicyclic) bond motifs is 2. The van der Waals surface area contributed by atoms with E-state index in [9.17, 15) is 5.11 Å². The highest BCUT2D eigenvalue weighted by Crippen LogP contribution is 2.49. The maximum absolute atomic E-state index is 9.74. The second-order valence-corrected chi connectivity index (χ2v) is 8.73. The van der Waals surface area contributed by atoms with Gasteiger partial charge in [-0.05, 0) is 43.0 Å². The summed E-state index contributed by atoms with van der Waals surface area (Å²) in [5, 5.41) is 9.74. The molecular formula is C22H28N2O2S. The molecule has 0 unspecified atom stereocenters. The Morgan fingerprint density at radius 3 is 2.59 bits per heavy atom. The number of aliphatic hydroxyl groups excluding tert-OH is 1. The number of hydrogen-bond acceptors (Lipinski definition) is 5. The zero-order chi connectivity index (χ0) is 18.8.